The summed E-state index contributed by atoms with van der Waals surface area (Å²) in [6.07, 6.45) is -3.16. The van der Waals surface area contributed by atoms with Gasteiger partial charge >= 0.3 is 12.4 Å². The summed E-state index contributed by atoms with van der Waals surface area (Å²) in [5.41, 5.74) is 1.28. The van der Waals surface area contributed by atoms with Gasteiger partial charge < -0.3 is 14.3 Å². The highest BCUT2D eigenvalue weighted by molar-refractivity contribution is 5.98. The fourth-order valence-electron chi connectivity index (χ4n) is 4.90. The van der Waals surface area contributed by atoms with E-state index >= 15 is 0 Å². The van der Waals surface area contributed by atoms with Crippen LogP contribution in [0.25, 0.3) is 22.0 Å². The van der Waals surface area contributed by atoms with Crippen molar-refractivity contribution in [1.82, 2.24) is 24.5 Å². The largest absolute Gasteiger partial charge is 0.474 e. The van der Waals surface area contributed by atoms with Gasteiger partial charge in [0, 0.05) is 41.3 Å². The summed E-state index contributed by atoms with van der Waals surface area (Å²) in [5, 5.41) is -0.0586. The number of ether oxygens (including phenoxy) is 1. The Morgan fingerprint density at radius 3 is 2.49 bits per heavy atom. The lowest BCUT2D eigenvalue weighted by Gasteiger charge is -2.29. The topological polar surface area (TPSA) is 68.6 Å². The molecule has 0 aliphatic heterocycles. The molecule has 5 rings (SSSR count). The van der Waals surface area contributed by atoms with E-state index in [1.165, 1.54) is 18.5 Å². The van der Waals surface area contributed by atoms with E-state index in [-0.39, 0.29) is 43.5 Å². The number of aryl methyl sites for hydroxylation is 1. The molecule has 0 spiro atoms. The molecule has 0 aromatic carbocycles. The van der Waals surface area contributed by atoms with E-state index in [1.54, 1.807) is 30.0 Å². The number of hydrogen-bond donors (Lipinski definition) is 1. The number of fused-ring (bicyclic) bond motifs is 1. The zero-order valence-corrected chi connectivity index (χ0v) is 19.7. The van der Waals surface area contributed by atoms with Crippen molar-refractivity contribution in [3.8, 4) is 17.0 Å². The van der Waals surface area contributed by atoms with Crippen LogP contribution < -0.4 is 4.74 Å². The van der Waals surface area contributed by atoms with Gasteiger partial charge in [-0.05, 0) is 50.3 Å². The minimum atomic E-state index is -4.69. The Morgan fingerprint density at radius 1 is 1.08 bits per heavy atom. The molecular formula is C25H23F6N5O. The second-order valence-corrected chi connectivity index (χ2v) is 9.27. The first-order chi connectivity index (χ1) is 17.5. The molecule has 12 heteroatoms. The summed E-state index contributed by atoms with van der Waals surface area (Å²) < 4.78 is 88.6. The summed E-state index contributed by atoms with van der Waals surface area (Å²) in [7, 11) is 0. The van der Waals surface area contributed by atoms with Crippen LogP contribution in [0.3, 0.4) is 0 Å². The first-order valence-corrected chi connectivity index (χ1v) is 11.7. The van der Waals surface area contributed by atoms with Gasteiger partial charge in [0.1, 0.15) is 6.10 Å². The molecule has 4 aromatic rings. The molecular weight excluding hydrogens is 500 g/mol. The Hall–Kier alpha value is -3.57. The number of rotatable bonds is 5. The van der Waals surface area contributed by atoms with Gasteiger partial charge in [0.2, 0.25) is 5.88 Å². The third-order valence-corrected chi connectivity index (χ3v) is 6.62. The molecule has 1 aliphatic carbocycles. The number of H-pyrrole nitrogens is 1. The predicted octanol–water partition coefficient (Wildman–Crippen LogP) is 6.70. The van der Waals surface area contributed by atoms with Crippen LogP contribution in [-0.2, 0) is 12.7 Å². The van der Waals surface area contributed by atoms with E-state index < -0.39 is 30.1 Å². The van der Waals surface area contributed by atoms with Crippen LogP contribution in [-0.4, -0.2) is 36.8 Å². The van der Waals surface area contributed by atoms with E-state index in [0.29, 0.717) is 28.0 Å². The molecule has 4 heterocycles. The number of aromatic amines is 1. The van der Waals surface area contributed by atoms with Crippen LogP contribution in [0.4, 0.5) is 26.3 Å². The highest BCUT2D eigenvalue weighted by atomic mass is 19.4. The average molecular weight is 523 g/mol. The Morgan fingerprint density at radius 2 is 1.84 bits per heavy atom. The molecule has 1 fully saturated rings. The summed E-state index contributed by atoms with van der Waals surface area (Å²) in [4.78, 5) is 14.9. The number of nitrogens with zero attached hydrogens (tertiary/aromatic N) is 4. The maximum atomic E-state index is 14.0. The molecule has 37 heavy (non-hydrogen) atoms. The number of nitrogens with one attached hydrogen (secondary N) is 1. The van der Waals surface area contributed by atoms with Crippen LogP contribution in [0.1, 0.15) is 42.8 Å². The average Bonchev–Trinajstić information content (AvgIpc) is 3.46. The molecule has 0 unspecified atom stereocenters. The maximum absolute atomic E-state index is 14.0. The highest BCUT2D eigenvalue weighted by Gasteiger charge is 2.42. The van der Waals surface area contributed by atoms with Crippen molar-refractivity contribution in [2.75, 3.05) is 0 Å². The Kier molecular flexibility index (Phi) is 6.36. The van der Waals surface area contributed by atoms with Crippen LogP contribution in [0.15, 0.2) is 43.1 Å². The van der Waals surface area contributed by atoms with E-state index in [4.69, 9.17) is 4.74 Å². The molecule has 0 radical (unpaired) electrons. The highest BCUT2D eigenvalue weighted by Crippen LogP contribution is 2.41. The van der Waals surface area contributed by atoms with Gasteiger partial charge in [-0.1, -0.05) is 0 Å². The second-order valence-electron chi connectivity index (χ2n) is 9.27. The van der Waals surface area contributed by atoms with Crippen molar-refractivity contribution in [2.45, 2.75) is 57.6 Å². The van der Waals surface area contributed by atoms with Gasteiger partial charge in [-0.15, -0.1) is 0 Å². The standard InChI is InChI=1S/C25H23F6N5O/c1-14-8-15(9-21(35-14)37-18-4-2-16(3-5-18)24(26,27)28)19-12-36(11-17-10-32-13-34-17)20-6-7-33-23(22(19)20)25(29,30)31/h6-10,12-13,16,18H,2-5,11H2,1H3,(H,32,34). The van der Waals surface area contributed by atoms with Gasteiger partial charge in [0.25, 0.3) is 0 Å². The van der Waals surface area contributed by atoms with E-state index in [1.807, 2.05) is 0 Å². The van der Waals surface area contributed by atoms with Crippen LogP contribution in [0.2, 0.25) is 0 Å². The number of alkyl halides is 6. The van der Waals surface area contributed by atoms with Gasteiger partial charge in [-0.25, -0.2) is 9.97 Å². The van der Waals surface area contributed by atoms with Crippen molar-refractivity contribution < 1.29 is 31.1 Å². The van der Waals surface area contributed by atoms with Gasteiger partial charge in [-0.3, -0.25) is 4.98 Å². The predicted molar refractivity (Wildman–Crippen MR) is 123 cm³/mol. The number of halogens is 6. The molecule has 1 aliphatic rings. The fraction of sp³-hybridized carbons (Fsp3) is 0.400. The van der Waals surface area contributed by atoms with Crippen molar-refractivity contribution >= 4 is 10.9 Å². The molecule has 0 saturated heterocycles. The molecule has 4 aromatic heterocycles. The monoisotopic (exact) mass is 523 g/mol. The molecule has 1 N–H and O–H groups in total. The molecule has 1 saturated carbocycles. The van der Waals surface area contributed by atoms with E-state index in [9.17, 15) is 26.3 Å². The molecule has 0 amide bonds. The van der Waals surface area contributed by atoms with Crippen LogP contribution >= 0.6 is 0 Å². The van der Waals surface area contributed by atoms with Crippen molar-refractivity contribution in [1.29, 1.82) is 0 Å². The minimum absolute atomic E-state index is 0.0332. The quantitative estimate of drug-likeness (QED) is 0.296. The maximum Gasteiger partial charge on any atom is 0.434 e. The van der Waals surface area contributed by atoms with Gasteiger partial charge in [0.05, 0.1) is 30.0 Å². The number of imidazole rings is 1. The zero-order valence-electron chi connectivity index (χ0n) is 19.7. The third-order valence-electron chi connectivity index (χ3n) is 6.62. The second kappa shape index (κ2) is 9.38. The SMILES string of the molecule is Cc1cc(-c2cn(Cc3cnc[nH]3)c3ccnc(C(F)(F)F)c23)cc(OC2CCC(C(F)(F)F)CC2)n1. The first-order valence-electron chi connectivity index (χ1n) is 11.7. The zero-order chi connectivity index (χ0) is 26.4. The third kappa shape index (κ3) is 5.28. The smallest absolute Gasteiger partial charge is 0.434 e. The molecule has 6 nitrogen and oxygen atoms in total. The van der Waals surface area contributed by atoms with Crippen LogP contribution in [0, 0.1) is 12.8 Å². The number of hydrogen-bond acceptors (Lipinski definition) is 4. The number of aromatic nitrogens is 5. The lowest BCUT2D eigenvalue weighted by molar-refractivity contribution is -0.185. The summed E-state index contributed by atoms with van der Waals surface area (Å²) in [5.74, 6) is -1.18. The fourth-order valence-corrected chi connectivity index (χ4v) is 4.90. The van der Waals surface area contributed by atoms with E-state index in [0.717, 1.165) is 6.20 Å². The van der Waals surface area contributed by atoms with Crippen molar-refractivity contribution in [3.05, 3.63) is 60.2 Å². The molecule has 0 bridgehead atoms. The molecule has 0 atom stereocenters. The Bertz CT molecular complexity index is 1390. The Balaban J connectivity index is 1.52. The minimum Gasteiger partial charge on any atom is -0.474 e. The van der Waals surface area contributed by atoms with Crippen LogP contribution in [0.5, 0.6) is 5.88 Å². The lowest BCUT2D eigenvalue weighted by atomic mass is 9.87. The van der Waals surface area contributed by atoms with E-state index in [2.05, 4.69) is 19.9 Å². The summed E-state index contributed by atoms with van der Waals surface area (Å²) in [6.45, 7) is 1.94. The Labute approximate surface area is 207 Å². The van der Waals surface area contributed by atoms with Gasteiger partial charge in [-0.2, -0.15) is 26.3 Å². The number of pyridine rings is 2. The first kappa shape index (κ1) is 25.1. The molecule has 196 valence electrons. The summed E-state index contributed by atoms with van der Waals surface area (Å²) >= 11 is 0. The normalized spacial score (nSPS) is 18.9. The van der Waals surface area contributed by atoms with Crippen molar-refractivity contribution in [3.63, 3.8) is 0 Å². The summed E-state index contributed by atoms with van der Waals surface area (Å²) in [6, 6.07) is 4.70. The van der Waals surface area contributed by atoms with Gasteiger partial charge in [0.15, 0.2) is 5.69 Å². The van der Waals surface area contributed by atoms with Crippen molar-refractivity contribution in [2.24, 2.45) is 5.92 Å². The lowest BCUT2D eigenvalue weighted by Crippen LogP contribution is -2.32.